The topological polar surface area (TPSA) is 32.3 Å². The lowest BCUT2D eigenvalue weighted by molar-refractivity contribution is 0.222. The number of aliphatic hydroxyl groups is 1. The molecule has 1 aliphatic rings. The first-order valence-electron chi connectivity index (χ1n) is 6.60. The molecule has 0 spiro atoms. The summed E-state index contributed by atoms with van der Waals surface area (Å²) < 4.78 is 0. The molecular weight excluding hydrogens is 186 g/mol. The molecule has 1 aliphatic carbocycles. The van der Waals surface area contributed by atoms with Crippen molar-refractivity contribution in [3.63, 3.8) is 0 Å². The van der Waals surface area contributed by atoms with E-state index in [1.54, 1.807) is 0 Å². The normalized spacial score (nSPS) is 29.0. The highest BCUT2D eigenvalue weighted by Gasteiger charge is 2.20. The van der Waals surface area contributed by atoms with Crippen molar-refractivity contribution in [1.82, 2.24) is 5.32 Å². The molecule has 2 nitrogen and oxygen atoms in total. The number of rotatable bonds is 6. The van der Waals surface area contributed by atoms with Crippen LogP contribution in [0.15, 0.2) is 0 Å². The monoisotopic (exact) mass is 213 g/mol. The maximum Gasteiger partial charge on any atom is 0.0581 e. The van der Waals surface area contributed by atoms with Gasteiger partial charge in [-0.2, -0.15) is 0 Å². The molecule has 90 valence electrons. The van der Waals surface area contributed by atoms with E-state index in [9.17, 15) is 0 Å². The van der Waals surface area contributed by atoms with Gasteiger partial charge in [0.25, 0.3) is 0 Å². The van der Waals surface area contributed by atoms with Crippen LogP contribution in [0.4, 0.5) is 0 Å². The predicted octanol–water partition coefficient (Wildman–Crippen LogP) is 2.56. The molecule has 1 atom stereocenters. The van der Waals surface area contributed by atoms with Crippen LogP contribution in [0.25, 0.3) is 0 Å². The molecule has 1 rings (SSSR count). The molecule has 15 heavy (non-hydrogen) atoms. The van der Waals surface area contributed by atoms with Crippen LogP contribution in [0.5, 0.6) is 0 Å². The summed E-state index contributed by atoms with van der Waals surface area (Å²) in [6.45, 7) is 5.69. The Labute approximate surface area is 94.5 Å². The Morgan fingerprint density at radius 2 is 1.80 bits per heavy atom. The zero-order chi connectivity index (χ0) is 11.1. The van der Waals surface area contributed by atoms with Crippen molar-refractivity contribution in [3.05, 3.63) is 0 Å². The molecule has 0 aromatic heterocycles. The third-order valence-corrected chi connectivity index (χ3v) is 3.69. The van der Waals surface area contributed by atoms with Gasteiger partial charge in [-0.05, 0) is 38.1 Å². The summed E-state index contributed by atoms with van der Waals surface area (Å²) in [6, 6.07) is 0.262. The quantitative estimate of drug-likeness (QED) is 0.711. The van der Waals surface area contributed by atoms with E-state index >= 15 is 0 Å². The van der Waals surface area contributed by atoms with Crippen LogP contribution in [0.3, 0.4) is 0 Å². The first kappa shape index (κ1) is 13.0. The third-order valence-electron chi connectivity index (χ3n) is 3.69. The van der Waals surface area contributed by atoms with Gasteiger partial charge in [0, 0.05) is 6.04 Å². The average molecular weight is 213 g/mol. The van der Waals surface area contributed by atoms with E-state index in [1.807, 2.05) is 6.92 Å². The molecule has 0 saturated heterocycles. The second-order valence-corrected chi connectivity index (χ2v) is 5.17. The maximum absolute atomic E-state index is 8.91. The van der Waals surface area contributed by atoms with Gasteiger partial charge in [0.15, 0.2) is 0 Å². The summed E-state index contributed by atoms with van der Waals surface area (Å²) in [5, 5.41) is 12.3. The van der Waals surface area contributed by atoms with E-state index in [2.05, 4.69) is 12.2 Å². The molecule has 0 aliphatic heterocycles. The lowest BCUT2D eigenvalue weighted by Crippen LogP contribution is -2.34. The first-order valence-corrected chi connectivity index (χ1v) is 6.60. The van der Waals surface area contributed by atoms with E-state index in [4.69, 9.17) is 5.11 Å². The summed E-state index contributed by atoms with van der Waals surface area (Å²) >= 11 is 0. The van der Waals surface area contributed by atoms with Gasteiger partial charge in [-0.15, -0.1) is 0 Å². The van der Waals surface area contributed by atoms with Crippen molar-refractivity contribution < 1.29 is 5.11 Å². The second kappa shape index (κ2) is 7.24. The Morgan fingerprint density at radius 1 is 1.20 bits per heavy atom. The zero-order valence-electron chi connectivity index (χ0n) is 10.3. The fourth-order valence-electron chi connectivity index (χ4n) is 2.56. The highest BCUT2D eigenvalue weighted by Crippen LogP contribution is 2.31. The fraction of sp³-hybridized carbons (Fsp3) is 1.00. The Morgan fingerprint density at radius 3 is 2.33 bits per heavy atom. The van der Waals surface area contributed by atoms with Crippen LogP contribution in [-0.4, -0.2) is 24.3 Å². The molecule has 0 radical (unpaired) electrons. The maximum atomic E-state index is 8.91. The minimum atomic E-state index is 0.255. The highest BCUT2D eigenvalue weighted by molar-refractivity contribution is 4.74. The molecule has 1 saturated carbocycles. The number of hydrogen-bond donors (Lipinski definition) is 2. The molecular formula is C13H27NO. The van der Waals surface area contributed by atoms with Crippen LogP contribution >= 0.6 is 0 Å². The van der Waals surface area contributed by atoms with Crippen molar-refractivity contribution in [3.8, 4) is 0 Å². The molecule has 0 unspecified atom stereocenters. The molecule has 0 aromatic carbocycles. The summed E-state index contributed by atoms with van der Waals surface area (Å²) in [7, 11) is 0. The molecule has 0 aromatic rings. The summed E-state index contributed by atoms with van der Waals surface area (Å²) in [6.07, 6.45) is 8.38. The zero-order valence-corrected chi connectivity index (χ0v) is 10.3. The summed E-state index contributed by atoms with van der Waals surface area (Å²) in [5.74, 6) is 1.86. The molecule has 2 heteroatoms. The van der Waals surface area contributed by atoms with Crippen LogP contribution in [-0.2, 0) is 0 Å². The van der Waals surface area contributed by atoms with Crippen molar-refractivity contribution in [2.45, 2.75) is 58.4 Å². The van der Waals surface area contributed by atoms with Gasteiger partial charge in [0.2, 0.25) is 0 Å². The van der Waals surface area contributed by atoms with Crippen molar-refractivity contribution in [1.29, 1.82) is 0 Å². The Balaban J connectivity index is 2.09. The molecule has 2 N–H and O–H groups in total. The average Bonchev–Trinajstić information content (AvgIpc) is 2.28. The largest absolute Gasteiger partial charge is 0.395 e. The van der Waals surface area contributed by atoms with Gasteiger partial charge in [-0.25, -0.2) is 0 Å². The van der Waals surface area contributed by atoms with Crippen LogP contribution < -0.4 is 5.32 Å². The van der Waals surface area contributed by atoms with E-state index in [-0.39, 0.29) is 12.6 Å². The predicted molar refractivity (Wildman–Crippen MR) is 64.9 cm³/mol. The minimum Gasteiger partial charge on any atom is -0.395 e. The van der Waals surface area contributed by atoms with Gasteiger partial charge in [-0.3, -0.25) is 0 Å². The second-order valence-electron chi connectivity index (χ2n) is 5.17. The minimum absolute atomic E-state index is 0.255. The lowest BCUT2D eigenvalue weighted by Gasteiger charge is -2.29. The van der Waals surface area contributed by atoms with Crippen LogP contribution in [0.1, 0.15) is 52.4 Å². The van der Waals surface area contributed by atoms with Gasteiger partial charge < -0.3 is 10.4 Å². The van der Waals surface area contributed by atoms with E-state index in [1.165, 1.54) is 38.5 Å². The number of hydrogen-bond acceptors (Lipinski definition) is 2. The van der Waals surface area contributed by atoms with E-state index in [0.717, 1.165) is 18.4 Å². The fourth-order valence-corrected chi connectivity index (χ4v) is 2.56. The Kier molecular flexibility index (Phi) is 6.26. The van der Waals surface area contributed by atoms with Crippen LogP contribution in [0, 0.1) is 11.8 Å². The highest BCUT2D eigenvalue weighted by atomic mass is 16.3. The first-order chi connectivity index (χ1) is 7.26. The van der Waals surface area contributed by atoms with Gasteiger partial charge in [-0.1, -0.05) is 32.6 Å². The Bertz CT molecular complexity index is 153. The molecule has 0 amide bonds. The third kappa shape index (κ3) is 4.98. The summed E-state index contributed by atoms with van der Waals surface area (Å²) in [5.41, 5.74) is 0. The van der Waals surface area contributed by atoms with Crippen molar-refractivity contribution in [2.75, 3.05) is 13.2 Å². The van der Waals surface area contributed by atoms with Crippen molar-refractivity contribution >= 4 is 0 Å². The SMILES string of the molecule is CCCC1CCC(CN[C@H](C)CO)CC1. The number of nitrogens with one attached hydrogen (secondary N) is 1. The van der Waals surface area contributed by atoms with Gasteiger partial charge in [0.05, 0.1) is 6.61 Å². The standard InChI is InChI=1S/C13H27NO/c1-3-4-12-5-7-13(8-6-12)9-14-11(2)10-15/h11-15H,3-10H2,1-2H3/t11-,12?,13?/m1/s1. The lowest BCUT2D eigenvalue weighted by atomic mass is 9.80. The van der Waals surface area contributed by atoms with Crippen molar-refractivity contribution in [2.24, 2.45) is 11.8 Å². The Hall–Kier alpha value is -0.0800. The van der Waals surface area contributed by atoms with Crippen LogP contribution in [0.2, 0.25) is 0 Å². The van der Waals surface area contributed by atoms with E-state index < -0.39 is 0 Å². The smallest absolute Gasteiger partial charge is 0.0581 e. The molecule has 1 fully saturated rings. The molecule has 0 heterocycles. The van der Waals surface area contributed by atoms with E-state index in [0.29, 0.717) is 0 Å². The van der Waals surface area contributed by atoms with Gasteiger partial charge in [0.1, 0.15) is 0 Å². The summed E-state index contributed by atoms with van der Waals surface area (Å²) in [4.78, 5) is 0. The molecule has 0 bridgehead atoms. The van der Waals surface area contributed by atoms with Gasteiger partial charge >= 0.3 is 0 Å². The number of aliphatic hydroxyl groups excluding tert-OH is 1.